The topological polar surface area (TPSA) is 69.7 Å². The maximum absolute atomic E-state index is 12.9. The molecule has 0 radical (unpaired) electrons. The maximum atomic E-state index is 12.9. The summed E-state index contributed by atoms with van der Waals surface area (Å²) in [6.07, 6.45) is 1.75. The number of nitrogens with one attached hydrogen (secondary N) is 1. The van der Waals surface area contributed by atoms with E-state index in [4.69, 9.17) is 11.6 Å². The van der Waals surface area contributed by atoms with Gasteiger partial charge < -0.3 is 10.2 Å². The first-order valence-corrected chi connectivity index (χ1v) is 11.3. The maximum Gasteiger partial charge on any atom is 0.264 e. The molecule has 0 unspecified atom stereocenters. The fourth-order valence-electron chi connectivity index (χ4n) is 3.31. The summed E-state index contributed by atoms with van der Waals surface area (Å²) in [7, 11) is -0.217. The number of rotatable bonds is 5. The Balaban J connectivity index is 1.82. The van der Waals surface area contributed by atoms with Crippen LogP contribution in [0.1, 0.15) is 28.8 Å². The number of aryl methyl sites for hydroxylation is 1. The van der Waals surface area contributed by atoms with E-state index in [1.54, 1.807) is 36.4 Å². The van der Waals surface area contributed by atoms with Crippen LogP contribution in [0.15, 0.2) is 47.4 Å². The fraction of sp³-hybridized carbons (Fsp3) is 0.381. The first kappa shape index (κ1) is 21.6. The largest absolute Gasteiger partial charge is 0.349 e. The predicted molar refractivity (Wildman–Crippen MR) is 116 cm³/mol. The number of amides is 1. The van der Waals surface area contributed by atoms with E-state index in [0.717, 1.165) is 31.5 Å². The monoisotopic (exact) mass is 435 g/mol. The third-order valence-electron chi connectivity index (χ3n) is 5.29. The highest BCUT2D eigenvalue weighted by Crippen LogP contribution is 2.27. The van der Waals surface area contributed by atoms with E-state index < -0.39 is 10.0 Å². The molecule has 0 bridgehead atoms. The zero-order valence-electron chi connectivity index (χ0n) is 16.9. The summed E-state index contributed by atoms with van der Waals surface area (Å²) in [5.41, 5.74) is 1.63. The minimum atomic E-state index is -3.74. The van der Waals surface area contributed by atoms with Gasteiger partial charge in [0.05, 0.1) is 21.2 Å². The number of likely N-dealkylation sites (tertiary alicyclic amines) is 1. The molecule has 1 saturated heterocycles. The lowest BCUT2D eigenvalue weighted by molar-refractivity contribution is 0.0917. The Morgan fingerprint density at radius 1 is 1.14 bits per heavy atom. The second-order valence-corrected chi connectivity index (χ2v) is 9.88. The van der Waals surface area contributed by atoms with Gasteiger partial charge in [-0.05, 0) is 70.2 Å². The van der Waals surface area contributed by atoms with Crippen LogP contribution in [0.5, 0.6) is 0 Å². The van der Waals surface area contributed by atoms with Gasteiger partial charge in [-0.15, -0.1) is 0 Å². The molecule has 1 amide bonds. The fourth-order valence-corrected chi connectivity index (χ4v) is 4.70. The zero-order valence-corrected chi connectivity index (χ0v) is 18.4. The minimum absolute atomic E-state index is 0.0902. The van der Waals surface area contributed by atoms with Crippen molar-refractivity contribution in [3.05, 3.63) is 58.6 Å². The number of anilines is 1. The number of carbonyl (C=O) groups excluding carboxylic acids is 1. The van der Waals surface area contributed by atoms with Crippen molar-refractivity contribution in [1.82, 2.24) is 10.2 Å². The van der Waals surface area contributed by atoms with Gasteiger partial charge in [0.2, 0.25) is 0 Å². The Morgan fingerprint density at radius 2 is 1.76 bits per heavy atom. The molecule has 1 aliphatic rings. The second-order valence-electron chi connectivity index (χ2n) is 7.50. The number of benzene rings is 2. The van der Waals surface area contributed by atoms with Crippen LogP contribution in [-0.4, -0.2) is 52.5 Å². The standard InChI is InChI=1S/C21H26ClN3O3S/c1-15-4-7-18(8-5-15)29(27,28)25(3)17-6-9-20(22)19(14-17)21(26)23-16-10-12-24(2)13-11-16/h4-9,14,16H,10-13H2,1-3H3,(H,23,26). The number of nitrogens with zero attached hydrogens (tertiary/aromatic N) is 2. The number of carbonyl (C=O) groups is 1. The SMILES string of the molecule is Cc1ccc(S(=O)(=O)N(C)c2ccc(Cl)c(C(=O)NC3CCN(C)CC3)c2)cc1. The first-order chi connectivity index (χ1) is 13.7. The Kier molecular flexibility index (Phi) is 6.51. The average molecular weight is 436 g/mol. The lowest BCUT2D eigenvalue weighted by Crippen LogP contribution is -2.43. The van der Waals surface area contributed by atoms with Gasteiger partial charge in [0, 0.05) is 13.1 Å². The molecule has 8 heteroatoms. The van der Waals surface area contributed by atoms with Gasteiger partial charge in [0.15, 0.2) is 0 Å². The van der Waals surface area contributed by atoms with Crippen molar-refractivity contribution in [3.63, 3.8) is 0 Å². The summed E-state index contributed by atoms with van der Waals surface area (Å²) in [5, 5.41) is 3.31. The molecule has 0 aromatic heterocycles. The number of halogens is 1. The van der Waals surface area contributed by atoms with Crippen molar-refractivity contribution in [2.45, 2.75) is 30.7 Å². The van der Waals surface area contributed by atoms with Gasteiger partial charge in [-0.1, -0.05) is 29.3 Å². The molecule has 156 valence electrons. The average Bonchev–Trinajstić information content (AvgIpc) is 2.70. The quantitative estimate of drug-likeness (QED) is 0.782. The van der Waals surface area contributed by atoms with Crippen LogP contribution in [0.25, 0.3) is 0 Å². The molecule has 0 atom stereocenters. The molecule has 1 fully saturated rings. The molecule has 0 saturated carbocycles. The first-order valence-electron chi connectivity index (χ1n) is 9.53. The van der Waals surface area contributed by atoms with Crippen LogP contribution in [0.3, 0.4) is 0 Å². The van der Waals surface area contributed by atoms with Gasteiger partial charge >= 0.3 is 0 Å². The van der Waals surface area contributed by atoms with E-state index in [1.165, 1.54) is 17.4 Å². The summed E-state index contributed by atoms with van der Waals surface area (Å²) >= 11 is 6.25. The molecule has 1 aliphatic heterocycles. The highest BCUT2D eigenvalue weighted by atomic mass is 35.5. The van der Waals surface area contributed by atoms with Crippen LogP contribution < -0.4 is 9.62 Å². The van der Waals surface area contributed by atoms with Crippen LogP contribution >= 0.6 is 11.6 Å². The van der Waals surface area contributed by atoms with E-state index in [2.05, 4.69) is 17.3 Å². The predicted octanol–water partition coefficient (Wildman–Crippen LogP) is 3.30. The smallest absolute Gasteiger partial charge is 0.264 e. The van der Waals surface area contributed by atoms with Crippen molar-refractivity contribution in [1.29, 1.82) is 0 Å². The Labute approximate surface area is 177 Å². The molecule has 3 rings (SSSR count). The molecule has 6 nitrogen and oxygen atoms in total. The van der Waals surface area contributed by atoms with E-state index in [1.807, 2.05) is 6.92 Å². The molecule has 2 aromatic carbocycles. The summed E-state index contributed by atoms with van der Waals surface area (Å²) in [6, 6.07) is 11.4. The van der Waals surface area contributed by atoms with E-state index >= 15 is 0 Å². The number of hydrogen-bond acceptors (Lipinski definition) is 4. The number of hydrogen-bond donors (Lipinski definition) is 1. The molecule has 1 heterocycles. The number of piperidine rings is 1. The van der Waals surface area contributed by atoms with Gasteiger partial charge in [-0.25, -0.2) is 8.42 Å². The zero-order chi connectivity index (χ0) is 21.2. The molecule has 0 aliphatic carbocycles. The third kappa shape index (κ3) is 4.91. The molecule has 1 N–H and O–H groups in total. The highest BCUT2D eigenvalue weighted by molar-refractivity contribution is 7.92. The Morgan fingerprint density at radius 3 is 2.38 bits per heavy atom. The normalized spacial score (nSPS) is 15.9. The molecule has 0 spiro atoms. The van der Waals surface area contributed by atoms with Crippen molar-refractivity contribution >= 4 is 33.2 Å². The van der Waals surface area contributed by atoms with Crippen molar-refractivity contribution in [2.75, 3.05) is 31.5 Å². The van der Waals surface area contributed by atoms with Crippen LogP contribution in [-0.2, 0) is 10.0 Å². The van der Waals surface area contributed by atoms with Crippen molar-refractivity contribution in [2.24, 2.45) is 0 Å². The van der Waals surface area contributed by atoms with Crippen molar-refractivity contribution < 1.29 is 13.2 Å². The Hall–Kier alpha value is -2.09. The van der Waals surface area contributed by atoms with Crippen LogP contribution in [0, 0.1) is 6.92 Å². The summed E-state index contributed by atoms with van der Waals surface area (Å²) in [4.78, 5) is 15.2. The third-order valence-corrected chi connectivity index (χ3v) is 7.42. The van der Waals surface area contributed by atoms with E-state index in [9.17, 15) is 13.2 Å². The van der Waals surface area contributed by atoms with E-state index in [0.29, 0.717) is 10.7 Å². The van der Waals surface area contributed by atoms with Crippen molar-refractivity contribution in [3.8, 4) is 0 Å². The van der Waals surface area contributed by atoms with Crippen LogP contribution in [0.2, 0.25) is 5.02 Å². The molecule has 29 heavy (non-hydrogen) atoms. The Bertz CT molecular complexity index is 985. The lowest BCUT2D eigenvalue weighted by Gasteiger charge is -2.29. The van der Waals surface area contributed by atoms with Gasteiger partial charge in [0.25, 0.3) is 15.9 Å². The molecular weight excluding hydrogens is 410 g/mol. The highest BCUT2D eigenvalue weighted by Gasteiger charge is 2.24. The molecule has 2 aromatic rings. The summed E-state index contributed by atoms with van der Waals surface area (Å²) < 4.78 is 27.1. The summed E-state index contributed by atoms with van der Waals surface area (Å²) in [6.45, 7) is 3.75. The molecular formula is C21H26ClN3O3S. The van der Waals surface area contributed by atoms with E-state index in [-0.39, 0.29) is 22.4 Å². The lowest BCUT2D eigenvalue weighted by atomic mass is 10.0. The minimum Gasteiger partial charge on any atom is -0.349 e. The second kappa shape index (κ2) is 8.73. The van der Waals surface area contributed by atoms with Gasteiger partial charge in [0.1, 0.15) is 0 Å². The number of sulfonamides is 1. The van der Waals surface area contributed by atoms with Gasteiger partial charge in [-0.3, -0.25) is 9.10 Å². The van der Waals surface area contributed by atoms with Crippen LogP contribution in [0.4, 0.5) is 5.69 Å². The van der Waals surface area contributed by atoms with Gasteiger partial charge in [-0.2, -0.15) is 0 Å². The summed E-state index contributed by atoms with van der Waals surface area (Å²) in [5.74, 6) is -0.285.